The molecule has 0 radical (unpaired) electrons. The van der Waals surface area contributed by atoms with Crippen molar-refractivity contribution in [2.75, 3.05) is 11.4 Å². The number of ether oxygens (including phenoxy) is 1. The number of amides is 1. The lowest BCUT2D eigenvalue weighted by Gasteiger charge is -2.26. The van der Waals surface area contributed by atoms with Crippen LogP contribution in [0, 0.1) is 18.3 Å². The summed E-state index contributed by atoms with van der Waals surface area (Å²) in [6, 6.07) is 7.65. The summed E-state index contributed by atoms with van der Waals surface area (Å²) in [4.78, 5) is 17.5. The number of alkyl carbamates (subject to hydrolysis) is 1. The minimum absolute atomic E-state index is 0.271. The van der Waals surface area contributed by atoms with Gasteiger partial charge in [-0.2, -0.15) is 28.2 Å². The summed E-state index contributed by atoms with van der Waals surface area (Å²) in [7, 11) is -4.52. The number of aromatic nitrogens is 3. The first kappa shape index (κ1) is 26.0. The van der Waals surface area contributed by atoms with Gasteiger partial charge >= 0.3 is 12.3 Å². The molecule has 1 aliphatic carbocycles. The summed E-state index contributed by atoms with van der Waals surface area (Å²) < 4.78 is 75.2. The van der Waals surface area contributed by atoms with E-state index < -0.39 is 49.6 Å². The van der Waals surface area contributed by atoms with Gasteiger partial charge in [-0.15, -0.1) is 11.3 Å². The molecule has 15 heteroatoms. The van der Waals surface area contributed by atoms with Gasteiger partial charge in [-0.05, 0) is 31.9 Å². The molecule has 200 valence electrons. The van der Waals surface area contributed by atoms with Crippen molar-refractivity contribution >= 4 is 33.1 Å². The van der Waals surface area contributed by atoms with Crippen molar-refractivity contribution in [1.29, 1.82) is 5.26 Å². The average Bonchev–Trinajstić information content (AvgIpc) is 3.23. The Morgan fingerprint density at radius 3 is 2.68 bits per heavy atom. The van der Waals surface area contributed by atoms with Crippen LogP contribution in [-0.2, 0) is 20.8 Å². The maximum Gasteiger partial charge on any atom is 0.417 e. The largest absolute Gasteiger partial charge is 0.425 e. The van der Waals surface area contributed by atoms with Crippen LogP contribution >= 0.6 is 11.3 Å². The molecule has 38 heavy (non-hydrogen) atoms. The highest BCUT2D eigenvalue weighted by Gasteiger charge is 2.49. The van der Waals surface area contributed by atoms with Gasteiger partial charge in [-0.1, -0.05) is 12.1 Å². The third-order valence-electron chi connectivity index (χ3n) is 6.41. The van der Waals surface area contributed by atoms with Crippen molar-refractivity contribution in [3.8, 4) is 11.2 Å². The second-order valence-electron chi connectivity index (χ2n) is 9.10. The Morgan fingerprint density at radius 2 is 2.05 bits per heavy atom. The minimum atomic E-state index is -4.88. The van der Waals surface area contributed by atoms with E-state index in [2.05, 4.69) is 15.4 Å². The Hall–Kier alpha value is -3.64. The standard InChI is InChI=1S/C23H21F3N6O4S2/c1-14-10-18(32(30-14)20-28-8-9-37-20)31-12-15(11-19(31)36-21(33)29-22(13-27)6-7-22)38(34,35)17-5-3-2-4-16(17)23(24,25)26/h2-5,8-10,15,19H,6-7,11-12H2,1H3,(H,29,33)/t15-,19+/m1/s1. The number of sulfone groups is 1. The minimum Gasteiger partial charge on any atom is -0.425 e. The van der Waals surface area contributed by atoms with Gasteiger partial charge in [0.05, 0.1) is 27.5 Å². The number of nitrogens with zero attached hydrogens (tertiary/aromatic N) is 5. The van der Waals surface area contributed by atoms with Gasteiger partial charge < -0.3 is 15.0 Å². The fraction of sp³-hybridized carbons (Fsp3) is 0.391. The lowest BCUT2D eigenvalue weighted by atomic mass is 10.2. The molecule has 1 saturated heterocycles. The molecule has 1 aliphatic heterocycles. The number of carbonyl (C=O) groups excluding carboxylic acids is 1. The van der Waals surface area contributed by atoms with E-state index in [0.29, 0.717) is 29.5 Å². The van der Waals surface area contributed by atoms with Crippen LogP contribution < -0.4 is 10.2 Å². The van der Waals surface area contributed by atoms with E-state index in [1.807, 2.05) is 6.07 Å². The molecule has 10 nitrogen and oxygen atoms in total. The van der Waals surface area contributed by atoms with Crippen LogP contribution in [0.1, 0.15) is 30.5 Å². The highest BCUT2D eigenvalue weighted by molar-refractivity contribution is 7.92. The van der Waals surface area contributed by atoms with Crippen LogP contribution in [0.25, 0.3) is 5.13 Å². The van der Waals surface area contributed by atoms with E-state index in [-0.39, 0.29) is 13.0 Å². The van der Waals surface area contributed by atoms with Gasteiger partial charge in [0, 0.05) is 30.6 Å². The number of nitriles is 1. The zero-order chi connectivity index (χ0) is 27.3. The maximum absolute atomic E-state index is 13.7. The first-order valence-corrected chi connectivity index (χ1v) is 13.9. The van der Waals surface area contributed by atoms with Crippen molar-refractivity contribution in [2.24, 2.45) is 0 Å². The van der Waals surface area contributed by atoms with E-state index >= 15 is 0 Å². The first-order valence-electron chi connectivity index (χ1n) is 11.5. The smallest absolute Gasteiger partial charge is 0.417 e. The normalized spacial score (nSPS) is 20.7. The number of thiazole rings is 1. The number of rotatable bonds is 6. The van der Waals surface area contributed by atoms with E-state index in [1.54, 1.807) is 24.6 Å². The summed E-state index contributed by atoms with van der Waals surface area (Å²) in [6.07, 6.45) is -4.81. The summed E-state index contributed by atoms with van der Waals surface area (Å²) in [5.74, 6) is 0.360. The molecular weight excluding hydrogens is 545 g/mol. The molecule has 2 fully saturated rings. The second kappa shape index (κ2) is 9.28. The number of aryl methyl sites for hydroxylation is 1. The summed E-state index contributed by atoms with van der Waals surface area (Å²) in [5.41, 5.74) is -1.73. The van der Waals surface area contributed by atoms with Gasteiger partial charge in [-0.3, -0.25) is 0 Å². The fourth-order valence-corrected chi connectivity index (χ4v) is 6.85. The summed E-state index contributed by atoms with van der Waals surface area (Å²) in [6.45, 7) is 1.44. The van der Waals surface area contributed by atoms with Crippen LogP contribution in [0.2, 0.25) is 0 Å². The third-order valence-corrected chi connectivity index (χ3v) is 9.34. The fourth-order valence-electron chi connectivity index (χ4n) is 4.36. The van der Waals surface area contributed by atoms with E-state index in [1.165, 1.54) is 27.0 Å². The van der Waals surface area contributed by atoms with Crippen molar-refractivity contribution < 1.29 is 31.1 Å². The van der Waals surface area contributed by atoms with E-state index in [0.717, 1.165) is 18.2 Å². The highest BCUT2D eigenvalue weighted by atomic mass is 32.2. The SMILES string of the molecule is Cc1cc(N2C[C@H](S(=O)(=O)c3ccccc3C(F)(F)F)C[C@@H]2OC(=O)NC2(C#N)CC2)n(-c2nccs2)n1. The zero-order valence-corrected chi connectivity index (χ0v) is 21.5. The van der Waals surface area contributed by atoms with Crippen molar-refractivity contribution in [1.82, 2.24) is 20.1 Å². The van der Waals surface area contributed by atoms with Crippen LogP contribution in [0.15, 0.2) is 46.8 Å². The van der Waals surface area contributed by atoms with Gasteiger partial charge in [0.15, 0.2) is 16.1 Å². The van der Waals surface area contributed by atoms with Gasteiger partial charge in [0.25, 0.3) is 0 Å². The number of halogens is 3. The molecule has 2 aromatic heterocycles. The molecule has 3 heterocycles. The van der Waals surface area contributed by atoms with Crippen molar-refractivity contribution in [3.05, 3.63) is 53.2 Å². The Bertz CT molecular complexity index is 1510. The van der Waals surface area contributed by atoms with Gasteiger partial charge in [-0.25, -0.2) is 18.2 Å². The van der Waals surface area contributed by atoms with Crippen LogP contribution in [0.5, 0.6) is 0 Å². The predicted molar refractivity (Wildman–Crippen MR) is 129 cm³/mol. The molecule has 1 N–H and O–H groups in total. The molecule has 3 aromatic rings. The van der Waals surface area contributed by atoms with Gasteiger partial charge in [0.1, 0.15) is 11.4 Å². The number of carbonyl (C=O) groups is 1. The van der Waals surface area contributed by atoms with E-state index in [9.17, 15) is 31.6 Å². The molecule has 0 unspecified atom stereocenters. The molecule has 5 rings (SSSR count). The molecular formula is C23H21F3N6O4S2. The highest BCUT2D eigenvalue weighted by Crippen LogP contribution is 2.40. The van der Waals surface area contributed by atoms with Crippen LogP contribution in [0.3, 0.4) is 0 Å². The third kappa shape index (κ3) is 4.81. The predicted octanol–water partition coefficient (Wildman–Crippen LogP) is 3.82. The summed E-state index contributed by atoms with van der Waals surface area (Å²) >= 11 is 1.27. The molecule has 1 saturated carbocycles. The number of alkyl halides is 3. The second-order valence-corrected chi connectivity index (χ2v) is 12.2. The number of nitrogens with one attached hydrogen (secondary N) is 1. The average molecular weight is 567 g/mol. The van der Waals surface area contributed by atoms with E-state index in [4.69, 9.17) is 4.74 Å². The maximum atomic E-state index is 13.7. The zero-order valence-electron chi connectivity index (χ0n) is 19.8. The molecule has 2 aliphatic rings. The number of anilines is 1. The summed E-state index contributed by atoms with van der Waals surface area (Å²) in [5, 5.41) is 17.0. The molecule has 1 amide bonds. The number of benzene rings is 1. The lowest BCUT2D eigenvalue weighted by Crippen LogP contribution is -2.42. The van der Waals surface area contributed by atoms with Crippen molar-refractivity contribution in [3.63, 3.8) is 0 Å². The first-order chi connectivity index (χ1) is 17.9. The monoisotopic (exact) mass is 566 g/mol. The Kier molecular flexibility index (Phi) is 6.35. The Balaban J connectivity index is 1.51. The Labute approximate surface area is 219 Å². The van der Waals surface area contributed by atoms with Crippen LogP contribution in [0.4, 0.5) is 23.8 Å². The molecule has 1 aromatic carbocycles. The molecule has 0 bridgehead atoms. The Morgan fingerprint density at radius 1 is 1.32 bits per heavy atom. The quantitative estimate of drug-likeness (QED) is 0.477. The number of hydrogen-bond donors (Lipinski definition) is 1. The van der Waals surface area contributed by atoms with Crippen LogP contribution in [-0.4, -0.2) is 52.8 Å². The van der Waals surface area contributed by atoms with Crippen molar-refractivity contribution in [2.45, 2.75) is 54.3 Å². The molecule has 0 spiro atoms. The molecule has 2 atom stereocenters. The number of hydrogen-bond acceptors (Lipinski definition) is 9. The topological polar surface area (TPSA) is 130 Å². The lowest BCUT2D eigenvalue weighted by molar-refractivity contribution is -0.139. The van der Waals surface area contributed by atoms with Gasteiger partial charge in [0.2, 0.25) is 5.13 Å².